The average Bonchev–Trinajstić information content (AvgIpc) is 3.31. The van der Waals surface area contributed by atoms with Gasteiger partial charge in [0.1, 0.15) is 12.6 Å². The maximum Gasteiger partial charge on any atom is 0.410 e. The van der Waals surface area contributed by atoms with Crippen LogP contribution in [-0.4, -0.2) is 39.7 Å². The third-order valence-corrected chi connectivity index (χ3v) is 10.7. The zero-order valence-corrected chi connectivity index (χ0v) is 24.6. The number of rotatable bonds is 6. The van der Waals surface area contributed by atoms with Crippen LogP contribution in [-0.2, 0) is 16.1 Å². The Morgan fingerprint density at radius 3 is 2.51 bits per heavy atom. The monoisotopic (exact) mass is 555 g/mol. The van der Waals surface area contributed by atoms with E-state index >= 15 is 0 Å². The highest BCUT2D eigenvalue weighted by atomic mass is 16.6. The number of carbonyl (C=O) groups is 2. The van der Waals surface area contributed by atoms with Gasteiger partial charge < -0.3 is 17.3 Å². The number of allylic oxidation sites excluding steroid dienone is 3. The Balaban J connectivity index is 0.00000337. The lowest BCUT2D eigenvalue weighted by molar-refractivity contribution is -0.138. The maximum absolute atomic E-state index is 13.1. The van der Waals surface area contributed by atoms with E-state index in [1.165, 1.54) is 34.5 Å². The number of benzene rings is 1. The Morgan fingerprint density at radius 2 is 1.78 bits per heavy atom. The van der Waals surface area contributed by atoms with Crippen LogP contribution in [0.2, 0.25) is 0 Å². The molecule has 6 heteroatoms. The number of nitrogens with zero attached hydrogens (tertiary/aromatic N) is 2. The van der Waals surface area contributed by atoms with Crippen LogP contribution >= 0.6 is 0 Å². The molecular formula is C35H43N2O4-. The second kappa shape index (κ2) is 11.5. The Bertz CT molecular complexity index is 1320. The molecule has 1 amide bonds. The van der Waals surface area contributed by atoms with Gasteiger partial charge >= 0.3 is 12.1 Å². The molecule has 6 rings (SSSR count). The van der Waals surface area contributed by atoms with Crippen LogP contribution in [0.1, 0.15) is 69.9 Å². The van der Waals surface area contributed by atoms with Crippen molar-refractivity contribution in [2.24, 2.45) is 28.6 Å². The molecule has 0 aliphatic heterocycles. The van der Waals surface area contributed by atoms with Gasteiger partial charge in [0.05, 0.1) is 0 Å². The summed E-state index contributed by atoms with van der Waals surface area (Å²) in [6.07, 6.45) is 15.3. The van der Waals surface area contributed by atoms with Gasteiger partial charge in [-0.05, 0) is 89.9 Å². The van der Waals surface area contributed by atoms with Crippen molar-refractivity contribution in [2.45, 2.75) is 71.4 Å². The Kier molecular flexibility index (Phi) is 8.13. The number of carboxylic acids is 1. The maximum atomic E-state index is 13.1. The predicted octanol–water partition coefficient (Wildman–Crippen LogP) is 7.58. The topological polar surface area (TPSA) is 79.7 Å². The number of hydrogen-bond acceptors (Lipinski definition) is 4. The zero-order valence-electron chi connectivity index (χ0n) is 24.6. The van der Waals surface area contributed by atoms with Crippen molar-refractivity contribution in [3.8, 4) is 0 Å². The number of aliphatic carboxylic acids is 1. The summed E-state index contributed by atoms with van der Waals surface area (Å²) in [6.45, 7) is 4.78. The highest BCUT2D eigenvalue weighted by Gasteiger charge is 2.57. The molecule has 1 aromatic carbocycles. The quantitative estimate of drug-likeness (QED) is 0.294. The van der Waals surface area contributed by atoms with E-state index in [1.807, 2.05) is 48.8 Å². The number of amides is 1. The zero-order chi connectivity index (χ0) is 27.9. The third-order valence-electron chi connectivity index (χ3n) is 10.7. The molecule has 1 N–H and O–H groups in total. The minimum absolute atomic E-state index is 0. The first-order chi connectivity index (χ1) is 19.3. The molecular weight excluding hydrogens is 512 g/mol. The molecule has 41 heavy (non-hydrogen) atoms. The van der Waals surface area contributed by atoms with Crippen LogP contribution in [0.5, 0.6) is 0 Å². The van der Waals surface area contributed by atoms with Crippen LogP contribution in [0.15, 0.2) is 72.6 Å². The molecule has 1 aromatic heterocycles. The van der Waals surface area contributed by atoms with Gasteiger partial charge in [-0.15, -0.1) is 0 Å². The molecule has 1 heterocycles. The molecule has 2 aromatic rings. The molecule has 0 radical (unpaired) electrons. The standard InChI is InChI=1S/C34H40N2O4.CH3/c1-33-16-14-26(40-32(39)36(22-31(37)38)21-23-7-4-3-5-8-23)19-25(33)10-11-27-29-13-12-28(24-9-6-18-35-20-24)34(29,2)17-15-30(27)33;/h3-10,12,18,20,26-27,29-30H,11,13-17,19,21-22H2,1-2H3,(H,37,38);1H3/q;-1/t26-,27-,29-,30-,33-,34+;/m0./s1. The first-order valence-corrected chi connectivity index (χ1v) is 14.8. The molecule has 2 saturated carbocycles. The summed E-state index contributed by atoms with van der Waals surface area (Å²) in [4.78, 5) is 30.3. The summed E-state index contributed by atoms with van der Waals surface area (Å²) < 4.78 is 5.97. The van der Waals surface area contributed by atoms with Gasteiger partial charge in [-0.25, -0.2) is 4.79 Å². The summed E-state index contributed by atoms with van der Waals surface area (Å²) in [7, 11) is 0. The first-order valence-electron chi connectivity index (χ1n) is 14.8. The van der Waals surface area contributed by atoms with Gasteiger partial charge in [0.15, 0.2) is 0 Å². The minimum Gasteiger partial charge on any atom is -0.480 e. The van der Waals surface area contributed by atoms with Crippen molar-refractivity contribution < 1.29 is 19.4 Å². The van der Waals surface area contributed by atoms with Crippen molar-refractivity contribution in [3.63, 3.8) is 0 Å². The van der Waals surface area contributed by atoms with Crippen LogP contribution in [0.4, 0.5) is 4.79 Å². The van der Waals surface area contributed by atoms with E-state index in [2.05, 4.69) is 37.0 Å². The number of hydrogen-bond donors (Lipinski definition) is 1. The van der Waals surface area contributed by atoms with Crippen LogP contribution in [0, 0.1) is 36.0 Å². The van der Waals surface area contributed by atoms with Crippen LogP contribution in [0.25, 0.3) is 5.57 Å². The summed E-state index contributed by atoms with van der Waals surface area (Å²) in [5, 5.41) is 9.41. The Labute approximate surface area is 244 Å². The van der Waals surface area contributed by atoms with E-state index in [9.17, 15) is 14.7 Å². The van der Waals surface area contributed by atoms with Crippen LogP contribution < -0.4 is 0 Å². The van der Waals surface area contributed by atoms with Gasteiger partial charge in [0.2, 0.25) is 0 Å². The molecule has 6 nitrogen and oxygen atoms in total. The fourth-order valence-corrected chi connectivity index (χ4v) is 8.63. The van der Waals surface area contributed by atoms with Crippen LogP contribution in [0.3, 0.4) is 0 Å². The van der Waals surface area contributed by atoms with E-state index in [1.54, 1.807) is 0 Å². The second-order valence-electron chi connectivity index (χ2n) is 12.8. The predicted molar refractivity (Wildman–Crippen MR) is 160 cm³/mol. The van der Waals surface area contributed by atoms with Crippen molar-refractivity contribution in [2.75, 3.05) is 6.54 Å². The number of aromatic nitrogens is 1. The van der Waals surface area contributed by atoms with Crippen molar-refractivity contribution in [3.05, 3.63) is 91.1 Å². The second-order valence-corrected chi connectivity index (χ2v) is 12.8. The van der Waals surface area contributed by atoms with Gasteiger partial charge in [-0.3, -0.25) is 14.7 Å². The number of fused-ring (bicyclic) bond motifs is 5. The Morgan fingerprint density at radius 1 is 1.00 bits per heavy atom. The number of ether oxygens (including phenoxy) is 1. The number of carbonyl (C=O) groups excluding carboxylic acids is 1. The molecule has 4 aliphatic rings. The lowest BCUT2D eigenvalue weighted by Gasteiger charge is -2.57. The molecule has 2 fully saturated rings. The van der Waals surface area contributed by atoms with E-state index in [4.69, 9.17) is 4.74 Å². The normalized spacial score (nSPS) is 31.8. The highest BCUT2D eigenvalue weighted by Crippen LogP contribution is 2.66. The van der Waals surface area contributed by atoms with Gasteiger partial charge in [-0.2, -0.15) is 0 Å². The summed E-state index contributed by atoms with van der Waals surface area (Å²) in [5.41, 5.74) is 5.42. The third kappa shape index (κ3) is 5.33. The molecule has 218 valence electrons. The summed E-state index contributed by atoms with van der Waals surface area (Å²) in [5.74, 6) is 0.913. The fraction of sp³-hybridized carbons (Fsp3) is 0.486. The molecule has 6 atom stereocenters. The van der Waals surface area contributed by atoms with Crippen molar-refractivity contribution in [1.29, 1.82) is 0 Å². The smallest absolute Gasteiger partial charge is 0.410 e. The largest absolute Gasteiger partial charge is 0.480 e. The average molecular weight is 556 g/mol. The molecule has 4 aliphatic carbocycles. The molecule has 0 bridgehead atoms. The lowest BCUT2D eigenvalue weighted by atomic mass is 9.47. The first kappa shape index (κ1) is 29.1. The van der Waals surface area contributed by atoms with Gasteiger partial charge in [0.25, 0.3) is 0 Å². The fourth-order valence-electron chi connectivity index (χ4n) is 8.63. The molecule has 0 unspecified atom stereocenters. The SMILES string of the molecule is C[C@]12CC[C@H](OC(=O)N(CC(=O)O)Cc3ccccc3)CC1=CC[C@@H]1[C@@H]2CC[C@]2(C)C(c3cccnc3)=CC[C@@H]12.[CH3-]. The summed E-state index contributed by atoms with van der Waals surface area (Å²) >= 11 is 0. The summed E-state index contributed by atoms with van der Waals surface area (Å²) in [6, 6.07) is 13.7. The minimum atomic E-state index is -1.04. The van der Waals surface area contributed by atoms with Crippen molar-refractivity contribution in [1.82, 2.24) is 9.88 Å². The highest BCUT2D eigenvalue weighted by molar-refractivity contribution is 5.77. The van der Waals surface area contributed by atoms with E-state index in [0.717, 1.165) is 37.7 Å². The van der Waals surface area contributed by atoms with Gasteiger partial charge in [-0.1, -0.05) is 68.0 Å². The van der Waals surface area contributed by atoms with E-state index in [-0.39, 0.29) is 37.5 Å². The van der Waals surface area contributed by atoms with Crippen molar-refractivity contribution >= 4 is 17.6 Å². The Hall–Kier alpha value is -3.41. The number of pyridine rings is 1. The number of carboxylic acid groups (broad SMARTS) is 1. The van der Waals surface area contributed by atoms with E-state index in [0.29, 0.717) is 17.8 Å². The molecule has 0 spiro atoms. The molecule has 0 saturated heterocycles. The lowest BCUT2D eigenvalue weighted by Crippen LogP contribution is -2.50. The van der Waals surface area contributed by atoms with Gasteiger partial charge in [0, 0.05) is 25.4 Å². The van der Waals surface area contributed by atoms with E-state index < -0.39 is 12.1 Å².